The summed E-state index contributed by atoms with van der Waals surface area (Å²) in [7, 11) is 0. The highest BCUT2D eigenvalue weighted by Crippen LogP contribution is 2.30. The summed E-state index contributed by atoms with van der Waals surface area (Å²) in [5, 5.41) is 12.3. The third kappa shape index (κ3) is 4.26. The van der Waals surface area contributed by atoms with Crippen LogP contribution < -0.4 is 5.32 Å². The van der Waals surface area contributed by atoms with E-state index in [4.69, 9.17) is 4.42 Å². The fraction of sp³-hybridized carbons (Fsp3) is 0.294. The highest BCUT2D eigenvalue weighted by atomic mass is 32.2. The molecule has 0 bridgehead atoms. The zero-order valence-corrected chi connectivity index (χ0v) is 16.0. The number of aryl methyl sites for hydroxylation is 4. The van der Waals surface area contributed by atoms with E-state index in [-0.39, 0.29) is 11.7 Å². The molecule has 0 atom stereocenters. The van der Waals surface area contributed by atoms with Crippen LogP contribution in [0.15, 0.2) is 27.8 Å². The minimum Gasteiger partial charge on any atom is -0.410 e. The molecule has 2 heterocycles. The summed E-state index contributed by atoms with van der Waals surface area (Å²) in [6.45, 7) is 7.84. The first kappa shape index (κ1) is 17.6. The van der Waals surface area contributed by atoms with Gasteiger partial charge in [0.15, 0.2) is 0 Å². The van der Waals surface area contributed by atoms with E-state index in [2.05, 4.69) is 20.5 Å². The Morgan fingerprint density at radius 3 is 2.72 bits per heavy atom. The van der Waals surface area contributed by atoms with Crippen LogP contribution in [0.2, 0.25) is 0 Å². The summed E-state index contributed by atoms with van der Waals surface area (Å²) in [4.78, 5) is 17.4. The van der Waals surface area contributed by atoms with Crippen molar-refractivity contribution < 1.29 is 9.21 Å². The van der Waals surface area contributed by atoms with Crippen LogP contribution in [0.3, 0.4) is 0 Å². The molecule has 0 fully saturated rings. The Bertz CT molecular complexity index is 917. The predicted molar refractivity (Wildman–Crippen MR) is 100 cm³/mol. The molecule has 0 aliphatic heterocycles. The number of nitrogens with one attached hydrogen (secondary N) is 1. The van der Waals surface area contributed by atoms with Crippen LogP contribution in [0.4, 0.5) is 5.69 Å². The second kappa shape index (κ2) is 7.37. The lowest BCUT2D eigenvalue weighted by molar-refractivity contribution is -0.113. The molecule has 25 heavy (non-hydrogen) atoms. The van der Waals surface area contributed by atoms with E-state index in [0.717, 1.165) is 32.4 Å². The molecular formula is C17H18N4O2S2. The summed E-state index contributed by atoms with van der Waals surface area (Å²) >= 11 is 2.73. The van der Waals surface area contributed by atoms with Crippen LogP contribution in [0, 0.1) is 27.7 Å². The van der Waals surface area contributed by atoms with Crippen molar-refractivity contribution in [3.05, 3.63) is 40.0 Å². The van der Waals surface area contributed by atoms with Crippen LogP contribution in [-0.4, -0.2) is 26.8 Å². The average molecular weight is 374 g/mol. The first-order chi connectivity index (χ1) is 11.9. The lowest BCUT2D eigenvalue weighted by Gasteiger charge is -2.08. The van der Waals surface area contributed by atoms with Crippen molar-refractivity contribution in [2.45, 2.75) is 32.9 Å². The number of carbonyl (C=O) groups excluding carboxylic acids is 1. The van der Waals surface area contributed by atoms with Gasteiger partial charge in [-0.3, -0.25) is 4.79 Å². The van der Waals surface area contributed by atoms with Gasteiger partial charge in [0.05, 0.1) is 16.5 Å². The molecule has 0 saturated heterocycles. The molecule has 130 valence electrons. The Balaban J connectivity index is 1.60. The van der Waals surface area contributed by atoms with E-state index < -0.39 is 0 Å². The number of nitrogens with zero attached hydrogens (tertiary/aromatic N) is 3. The zero-order valence-electron chi connectivity index (χ0n) is 14.4. The topological polar surface area (TPSA) is 80.9 Å². The minimum atomic E-state index is -0.110. The highest BCUT2D eigenvalue weighted by Gasteiger charge is 2.16. The fourth-order valence-corrected chi connectivity index (χ4v) is 3.76. The summed E-state index contributed by atoms with van der Waals surface area (Å²) < 4.78 is 5.64. The molecule has 8 heteroatoms. The Labute approximate surface area is 154 Å². The number of thioether (sulfide) groups is 1. The van der Waals surface area contributed by atoms with Crippen LogP contribution in [0.25, 0.3) is 10.8 Å². The first-order valence-electron chi connectivity index (χ1n) is 7.70. The normalized spacial score (nSPS) is 10.9. The molecule has 0 unspecified atom stereocenters. The van der Waals surface area contributed by atoms with Crippen molar-refractivity contribution in [2.75, 3.05) is 11.1 Å². The van der Waals surface area contributed by atoms with Crippen molar-refractivity contribution in [1.29, 1.82) is 0 Å². The predicted octanol–water partition coefficient (Wildman–Crippen LogP) is 4.16. The molecule has 6 nitrogen and oxygen atoms in total. The molecule has 0 spiro atoms. The van der Waals surface area contributed by atoms with Gasteiger partial charge in [0.25, 0.3) is 11.1 Å². The van der Waals surface area contributed by atoms with Crippen LogP contribution >= 0.6 is 23.1 Å². The van der Waals surface area contributed by atoms with Crippen LogP contribution in [0.5, 0.6) is 0 Å². The molecule has 0 aliphatic rings. The highest BCUT2D eigenvalue weighted by molar-refractivity contribution is 7.99. The smallest absolute Gasteiger partial charge is 0.277 e. The van der Waals surface area contributed by atoms with E-state index in [1.165, 1.54) is 23.1 Å². The van der Waals surface area contributed by atoms with Crippen LogP contribution in [-0.2, 0) is 4.79 Å². The van der Waals surface area contributed by atoms with E-state index in [0.29, 0.717) is 11.1 Å². The zero-order chi connectivity index (χ0) is 18.0. The Morgan fingerprint density at radius 1 is 1.24 bits per heavy atom. The van der Waals surface area contributed by atoms with Crippen molar-refractivity contribution in [2.24, 2.45) is 0 Å². The Kier molecular flexibility index (Phi) is 5.19. The molecule has 3 aromatic rings. The molecule has 0 saturated carbocycles. The van der Waals surface area contributed by atoms with Gasteiger partial charge < -0.3 is 9.73 Å². The molecule has 1 aromatic carbocycles. The van der Waals surface area contributed by atoms with Gasteiger partial charge in [0.1, 0.15) is 4.88 Å². The summed E-state index contributed by atoms with van der Waals surface area (Å²) in [6.07, 6.45) is 0. The number of carbonyl (C=O) groups is 1. The summed E-state index contributed by atoms with van der Waals surface area (Å²) in [5.41, 5.74) is 3.89. The van der Waals surface area contributed by atoms with Crippen molar-refractivity contribution in [1.82, 2.24) is 15.2 Å². The van der Waals surface area contributed by atoms with Crippen molar-refractivity contribution >= 4 is 34.7 Å². The standard InChI is InChI=1S/C17H18N4O2S2/c1-9-5-6-13(10(2)7-9)19-14(22)8-24-17-21-20-16(23-17)15-11(3)18-12(4)25-15/h5-7H,8H2,1-4H3,(H,19,22). The number of rotatable bonds is 5. The Hall–Kier alpha value is -2.19. The maximum absolute atomic E-state index is 12.1. The molecule has 0 aliphatic carbocycles. The number of amides is 1. The van der Waals surface area contributed by atoms with Gasteiger partial charge in [-0.05, 0) is 39.3 Å². The third-order valence-electron chi connectivity index (χ3n) is 3.49. The molecule has 0 radical (unpaired) electrons. The number of hydrogen-bond acceptors (Lipinski definition) is 7. The SMILES string of the molecule is Cc1ccc(NC(=O)CSc2nnc(-c3sc(C)nc3C)o2)c(C)c1. The van der Waals surface area contributed by atoms with Gasteiger partial charge in [-0.15, -0.1) is 21.5 Å². The van der Waals surface area contributed by atoms with Gasteiger partial charge in [-0.2, -0.15) is 0 Å². The third-order valence-corrected chi connectivity index (χ3v) is 5.37. The monoisotopic (exact) mass is 374 g/mol. The lowest BCUT2D eigenvalue weighted by Crippen LogP contribution is -2.14. The van der Waals surface area contributed by atoms with E-state index in [9.17, 15) is 4.79 Å². The van der Waals surface area contributed by atoms with Gasteiger partial charge in [-0.25, -0.2) is 4.98 Å². The quantitative estimate of drug-likeness (QED) is 0.676. The maximum atomic E-state index is 12.1. The Morgan fingerprint density at radius 2 is 2.04 bits per heavy atom. The fourth-order valence-electron chi connectivity index (χ4n) is 2.36. The van der Waals surface area contributed by atoms with Crippen molar-refractivity contribution in [3.63, 3.8) is 0 Å². The van der Waals surface area contributed by atoms with Crippen molar-refractivity contribution in [3.8, 4) is 10.8 Å². The second-order valence-corrected chi connectivity index (χ2v) is 7.81. The number of benzene rings is 1. The van der Waals surface area contributed by atoms with Gasteiger partial charge in [0, 0.05) is 5.69 Å². The number of aromatic nitrogens is 3. The summed E-state index contributed by atoms with van der Waals surface area (Å²) in [5.74, 6) is 0.539. The number of hydrogen-bond donors (Lipinski definition) is 1. The van der Waals surface area contributed by atoms with E-state index >= 15 is 0 Å². The van der Waals surface area contributed by atoms with Crippen LogP contribution in [0.1, 0.15) is 21.8 Å². The van der Waals surface area contributed by atoms with E-state index in [1.807, 2.05) is 45.9 Å². The average Bonchev–Trinajstić information content (AvgIpc) is 3.14. The lowest BCUT2D eigenvalue weighted by atomic mass is 10.1. The van der Waals surface area contributed by atoms with E-state index in [1.54, 1.807) is 0 Å². The van der Waals surface area contributed by atoms with Gasteiger partial charge in [-0.1, -0.05) is 29.5 Å². The minimum absolute atomic E-state index is 0.110. The van der Waals surface area contributed by atoms with Gasteiger partial charge in [0.2, 0.25) is 5.91 Å². The summed E-state index contributed by atoms with van der Waals surface area (Å²) in [6, 6.07) is 5.92. The molecule has 1 amide bonds. The number of thiazole rings is 1. The largest absolute Gasteiger partial charge is 0.410 e. The molecule has 1 N–H and O–H groups in total. The first-order valence-corrected chi connectivity index (χ1v) is 9.50. The molecule has 2 aromatic heterocycles. The second-order valence-electron chi connectivity index (χ2n) is 5.68. The maximum Gasteiger partial charge on any atom is 0.277 e. The molecular weight excluding hydrogens is 356 g/mol. The van der Waals surface area contributed by atoms with Gasteiger partial charge >= 0.3 is 0 Å². The number of anilines is 1. The molecule has 3 rings (SSSR count).